The maximum atomic E-state index is 11.3. The molecule has 0 aliphatic carbocycles. The fourth-order valence-corrected chi connectivity index (χ4v) is 4.92. The number of para-hydroxylation sites is 1. The van der Waals surface area contributed by atoms with Crippen molar-refractivity contribution in [2.75, 3.05) is 0 Å². The quantitative estimate of drug-likeness (QED) is 0.201. The third-order valence-corrected chi connectivity index (χ3v) is 6.88. The molecule has 4 aromatic rings. The summed E-state index contributed by atoms with van der Waals surface area (Å²) in [5, 5.41) is 31.6. The van der Waals surface area contributed by atoms with Crippen LogP contribution >= 0.6 is 27.3 Å². The van der Waals surface area contributed by atoms with Crippen LogP contribution in [-0.2, 0) is 6.54 Å². The molecule has 11 heteroatoms. The summed E-state index contributed by atoms with van der Waals surface area (Å²) in [6.45, 7) is 8.28. The molecule has 0 unspecified atom stereocenters. The van der Waals surface area contributed by atoms with E-state index in [-0.39, 0.29) is 26.9 Å². The van der Waals surface area contributed by atoms with Gasteiger partial charge in [0.25, 0.3) is 0 Å². The number of phenols is 1. The van der Waals surface area contributed by atoms with Crippen molar-refractivity contribution in [1.82, 2.24) is 4.57 Å². The van der Waals surface area contributed by atoms with Gasteiger partial charge in [0.2, 0.25) is 5.75 Å². The van der Waals surface area contributed by atoms with E-state index in [1.54, 1.807) is 24.3 Å². The maximum absolute atomic E-state index is 11.3. The van der Waals surface area contributed by atoms with Gasteiger partial charge in [-0.3, -0.25) is 10.1 Å². The Bertz CT molecular complexity index is 1610. The second-order valence-electron chi connectivity index (χ2n) is 7.64. The summed E-state index contributed by atoms with van der Waals surface area (Å²) in [7, 11) is 0. The van der Waals surface area contributed by atoms with Gasteiger partial charge in [-0.2, -0.15) is 0 Å². The van der Waals surface area contributed by atoms with Gasteiger partial charge in [0.1, 0.15) is 5.76 Å². The van der Waals surface area contributed by atoms with E-state index < -0.39 is 10.7 Å². The lowest BCUT2D eigenvalue weighted by Gasteiger charge is -2.06. The summed E-state index contributed by atoms with van der Waals surface area (Å²) in [6.07, 6.45) is 1.78. The van der Waals surface area contributed by atoms with Crippen LogP contribution in [0.1, 0.15) is 16.7 Å². The smallest absolute Gasteiger partial charge is 0.312 e. The number of benzene rings is 3. The van der Waals surface area contributed by atoms with Crippen LogP contribution in [0.25, 0.3) is 18.4 Å². The number of nitro groups is 1. The molecule has 0 saturated carbocycles. The summed E-state index contributed by atoms with van der Waals surface area (Å²) in [4.78, 5) is 16.2. The van der Waals surface area contributed by atoms with Crippen LogP contribution in [0, 0.1) is 10.1 Å². The molecular formula is C26H24BrN3O6S. The van der Waals surface area contributed by atoms with E-state index in [4.69, 9.17) is 4.99 Å². The zero-order valence-corrected chi connectivity index (χ0v) is 21.8. The molecule has 0 bridgehead atoms. The molecule has 192 valence electrons. The topological polar surface area (TPSA) is 164 Å². The summed E-state index contributed by atoms with van der Waals surface area (Å²) in [5.41, 5.74) is 2.55. The number of rotatable bonds is 6. The van der Waals surface area contributed by atoms with E-state index in [0.29, 0.717) is 27.8 Å². The number of nitro benzene ring substituents is 1. The average Bonchev–Trinajstić information content (AvgIpc) is 3.10. The molecule has 4 rings (SSSR count). The first-order chi connectivity index (χ1) is 16.7. The Balaban J connectivity index is 0.00000241. The highest BCUT2D eigenvalue weighted by atomic mass is 79.9. The summed E-state index contributed by atoms with van der Waals surface area (Å²) < 4.78 is 2.97. The molecule has 0 saturated heterocycles. The third-order valence-electron chi connectivity index (χ3n) is 5.21. The Hall–Kier alpha value is -4.03. The van der Waals surface area contributed by atoms with Crippen LogP contribution < -0.4 is 14.7 Å². The predicted octanol–water partition coefficient (Wildman–Crippen LogP) is 3.33. The van der Waals surface area contributed by atoms with Crippen LogP contribution in [0.4, 0.5) is 11.4 Å². The molecule has 3 aromatic carbocycles. The van der Waals surface area contributed by atoms with Gasteiger partial charge in [0, 0.05) is 11.6 Å². The van der Waals surface area contributed by atoms with Crippen molar-refractivity contribution >= 4 is 57.1 Å². The second-order valence-corrected chi connectivity index (χ2v) is 9.51. The number of thiazole rings is 1. The lowest BCUT2D eigenvalue weighted by atomic mass is 10.1. The number of aliphatic hydroxyl groups excluding tert-OH is 1. The lowest BCUT2D eigenvalue weighted by molar-refractivity contribution is -0.386. The van der Waals surface area contributed by atoms with Gasteiger partial charge in [0.05, 0.1) is 31.5 Å². The molecular weight excluding hydrogens is 562 g/mol. The largest absolute Gasteiger partial charge is 0.508 e. The first kappa shape index (κ1) is 29.2. The minimum absolute atomic E-state index is 0. The standard InChI is InChI=1S/C26H20BrN3O4S.2H2O/c1-16-24(14-19-12-22(27)25(32)23(13-19)30(33)34)35-26(28-21-6-4-3-5-7-21)29(16)15-18-8-10-20(11-9-18)17(2)31;;/h3-14,31-32H,1-2,15H2;2*1H2/b24-14-,28-26?;;. The molecule has 6 N–H and O–H groups in total. The number of halogens is 1. The highest BCUT2D eigenvalue weighted by Gasteiger charge is 2.17. The van der Waals surface area contributed by atoms with Gasteiger partial charge >= 0.3 is 5.69 Å². The number of aliphatic hydroxyl groups is 1. The van der Waals surface area contributed by atoms with Crippen LogP contribution in [0.5, 0.6) is 5.75 Å². The van der Waals surface area contributed by atoms with Gasteiger partial charge in [-0.05, 0) is 51.3 Å². The van der Waals surface area contributed by atoms with Crippen molar-refractivity contribution in [2.24, 2.45) is 4.99 Å². The van der Waals surface area contributed by atoms with E-state index in [0.717, 1.165) is 15.8 Å². The molecule has 0 aliphatic rings. The van der Waals surface area contributed by atoms with Crippen molar-refractivity contribution in [3.63, 3.8) is 0 Å². The van der Waals surface area contributed by atoms with Gasteiger partial charge in [-0.1, -0.05) is 67.0 Å². The predicted molar refractivity (Wildman–Crippen MR) is 149 cm³/mol. The first-order valence-electron chi connectivity index (χ1n) is 10.4. The van der Waals surface area contributed by atoms with Gasteiger partial charge < -0.3 is 25.7 Å². The maximum Gasteiger partial charge on any atom is 0.312 e. The van der Waals surface area contributed by atoms with Crippen LogP contribution in [0.2, 0.25) is 0 Å². The molecule has 0 amide bonds. The van der Waals surface area contributed by atoms with Crippen molar-refractivity contribution in [2.45, 2.75) is 6.54 Å². The van der Waals surface area contributed by atoms with E-state index in [1.165, 1.54) is 17.4 Å². The molecule has 37 heavy (non-hydrogen) atoms. The molecule has 0 spiro atoms. The number of hydrogen-bond donors (Lipinski definition) is 2. The van der Waals surface area contributed by atoms with Gasteiger partial charge in [0.15, 0.2) is 4.80 Å². The number of nitrogens with zero attached hydrogens (tertiary/aromatic N) is 3. The van der Waals surface area contributed by atoms with E-state index >= 15 is 0 Å². The number of aromatic hydroxyl groups is 1. The molecule has 0 aliphatic heterocycles. The first-order valence-corrected chi connectivity index (χ1v) is 12.0. The second kappa shape index (κ2) is 12.3. The summed E-state index contributed by atoms with van der Waals surface area (Å²) >= 11 is 4.59. The highest BCUT2D eigenvalue weighted by Crippen LogP contribution is 2.35. The number of phenolic OH excluding ortho intramolecular Hbond substituents is 1. The minimum Gasteiger partial charge on any atom is -0.508 e. The minimum atomic E-state index is -0.627. The van der Waals surface area contributed by atoms with Crippen molar-refractivity contribution in [1.29, 1.82) is 0 Å². The van der Waals surface area contributed by atoms with E-state index in [9.17, 15) is 20.3 Å². The lowest BCUT2D eigenvalue weighted by Crippen LogP contribution is -2.31. The van der Waals surface area contributed by atoms with Crippen LogP contribution in [0.15, 0.2) is 82.8 Å². The Morgan fingerprint density at radius 2 is 1.78 bits per heavy atom. The molecule has 0 atom stereocenters. The average molecular weight is 586 g/mol. The van der Waals surface area contributed by atoms with Crippen molar-refractivity contribution < 1.29 is 26.1 Å². The SMILES string of the molecule is C=C(O)c1ccc(Cn2c(=Nc3ccccc3)s/c(=C\c3cc(Br)c(O)c([N+](=O)[O-])c3)c2=C)cc1.O.O. The van der Waals surface area contributed by atoms with Crippen molar-refractivity contribution in [3.8, 4) is 5.75 Å². The summed E-state index contributed by atoms with van der Waals surface area (Å²) in [6, 6.07) is 19.8. The molecule has 9 nitrogen and oxygen atoms in total. The Morgan fingerprint density at radius 3 is 2.38 bits per heavy atom. The van der Waals surface area contributed by atoms with Crippen molar-refractivity contribution in [3.05, 3.63) is 119 Å². The molecule has 1 aromatic heterocycles. The summed E-state index contributed by atoms with van der Waals surface area (Å²) in [5.74, 6) is -0.416. The Labute approximate surface area is 223 Å². The molecule has 0 radical (unpaired) electrons. The zero-order chi connectivity index (χ0) is 25.1. The van der Waals surface area contributed by atoms with E-state index in [1.807, 2.05) is 47.0 Å². The van der Waals surface area contributed by atoms with Gasteiger partial charge in [-0.15, -0.1) is 0 Å². The molecule has 1 heterocycles. The fraction of sp³-hybridized carbons (Fsp3) is 0.0385. The Kier molecular flexibility index (Phi) is 9.69. The number of hydrogen-bond acceptors (Lipinski definition) is 6. The fourth-order valence-electron chi connectivity index (χ4n) is 3.40. The van der Waals surface area contributed by atoms with Crippen LogP contribution in [0.3, 0.4) is 0 Å². The van der Waals surface area contributed by atoms with Crippen LogP contribution in [-0.4, -0.2) is 30.7 Å². The normalized spacial score (nSPS) is 11.5. The monoisotopic (exact) mass is 585 g/mol. The van der Waals surface area contributed by atoms with Gasteiger partial charge in [-0.25, -0.2) is 4.99 Å². The highest BCUT2D eigenvalue weighted by molar-refractivity contribution is 9.10. The molecule has 0 fully saturated rings. The Morgan fingerprint density at radius 1 is 1.14 bits per heavy atom. The number of aromatic nitrogens is 1. The van der Waals surface area contributed by atoms with E-state index in [2.05, 4.69) is 29.1 Å². The third kappa shape index (κ3) is 6.60. The zero-order valence-electron chi connectivity index (χ0n) is 19.4.